The molecule has 2 aromatic rings. The van der Waals surface area contributed by atoms with Gasteiger partial charge >= 0.3 is 0 Å². The number of non-ortho nitro benzene ring substituents is 1. The smallest absolute Gasteiger partial charge is 0.269 e. The molecular weight excluding hydrogens is 408 g/mol. The summed E-state index contributed by atoms with van der Waals surface area (Å²) >= 11 is 5.81. The van der Waals surface area contributed by atoms with Crippen molar-refractivity contribution in [1.29, 1.82) is 0 Å². The van der Waals surface area contributed by atoms with E-state index >= 15 is 0 Å². The van der Waals surface area contributed by atoms with Gasteiger partial charge in [0, 0.05) is 67.6 Å². The van der Waals surface area contributed by atoms with Crippen LogP contribution in [0.25, 0.3) is 0 Å². The molecule has 0 spiro atoms. The number of amides is 2. The molecule has 8 nitrogen and oxygen atoms in total. The molecule has 3 rings (SSSR count). The molecule has 0 unspecified atom stereocenters. The van der Waals surface area contributed by atoms with E-state index in [2.05, 4.69) is 10.2 Å². The number of halogens is 1. The number of nitro benzene ring substituents is 1. The van der Waals surface area contributed by atoms with Gasteiger partial charge in [-0.1, -0.05) is 11.6 Å². The van der Waals surface area contributed by atoms with E-state index in [-0.39, 0.29) is 17.5 Å². The highest BCUT2D eigenvalue weighted by Crippen LogP contribution is 2.21. The van der Waals surface area contributed by atoms with Gasteiger partial charge in [-0.25, -0.2) is 0 Å². The summed E-state index contributed by atoms with van der Waals surface area (Å²) in [6, 6.07) is 13.1. The van der Waals surface area contributed by atoms with Crippen LogP contribution in [0.1, 0.15) is 23.2 Å². The van der Waals surface area contributed by atoms with E-state index in [9.17, 15) is 19.7 Å². The lowest BCUT2D eigenvalue weighted by Crippen LogP contribution is -2.48. The monoisotopic (exact) mass is 430 g/mol. The number of piperazine rings is 1. The molecule has 158 valence electrons. The standard InChI is InChI=1S/C21H23ClN4O4/c22-17-5-3-16(4-6-17)21(28)23-11-1-2-20(27)25-14-12-24(13-15-25)18-7-9-19(10-8-18)26(29)30/h3-10H,1-2,11-15H2,(H,23,28). The first-order valence-electron chi connectivity index (χ1n) is 9.75. The number of carbonyl (C=O) groups is 2. The van der Waals surface area contributed by atoms with Gasteiger partial charge in [-0.05, 0) is 42.8 Å². The van der Waals surface area contributed by atoms with Crippen LogP contribution in [0.15, 0.2) is 48.5 Å². The molecule has 0 radical (unpaired) electrons. The lowest BCUT2D eigenvalue weighted by Gasteiger charge is -2.36. The molecule has 1 heterocycles. The second-order valence-corrected chi connectivity index (χ2v) is 7.44. The summed E-state index contributed by atoms with van der Waals surface area (Å²) in [4.78, 5) is 38.7. The van der Waals surface area contributed by atoms with Crippen LogP contribution in [-0.4, -0.2) is 54.4 Å². The molecule has 30 heavy (non-hydrogen) atoms. The molecule has 0 aliphatic carbocycles. The third-order valence-corrected chi connectivity index (χ3v) is 5.27. The van der Waals surface area contributed by atoms with Crippen LogP contribution in [0.3, 0.4) is 0 Å². The Kier molecular flexibility index (Phi) is 7.24. The van der Waals surface area contributed by atoms with Gasteiger partial charge in [-0.2, -0.15) is 0 Å². The summed E-state index contributed by atoms with van der Waals surface area (Å²) in [5, 5.41) is 14.1. The molecule has 2 amide bonds. The maximum absolute atomic E-state index is 12.4. The first-order valence-corrected chi connectivity index (χ1v) is 10.1. The summed E-state index contributed by atoms with van der Waals surface area (Å²) in [7, 11) is 0. The average Bonchev–Trinajstić information content (AvgIpc) is 2.77. The maximum Gasteiger partial charge on any atom is 0.269 e. The fourth-order valence-electron chi connectivity index (χ4n) is 3.30. The van der Waals surface area contributed by atoms with Crippen molar-refractivity contribution in [1.82, 2.24) is 10.2 Å². The van der Waals surface area contributed by atoms with E-state index in [1.165, 1.54) is 12.1 Å². The molecule has 0 atom stereocenters. The zero-order valence-electron chi connectivity index (χ0n) is 16.4. The number of nitrogens with zero attached hydrogens (tertiary/aromatic N) is 3. The largest absolute Gasteiger partial charge is 0.368 e. The second kappa shape index (κ2) is 10.1. The first-order chi connectivity index (χ1) is 14.4. The quantitative estimate of drug-likeness (QED) is 0.413. The van der Waals surface area contributed by atoms with Crippen molar-refractivity contribution in [3.63, 3.8) is 0 Å². The fourth-order valence-corrected chi connectivity index (χ4v) is 3.43. The third kappa shape index (κ3) is 5.70. The zero-order chi connectivity index (χ0) is 21.5. The SMILES string of the molecule is O=C(NCCCC(=O)N1CCN(c2ccc([N+](=O)[O-])cc2)CC1)c1ccc(Cl)cc1. The van der Waals surface area contributed by atoms with Gasteiger partial charge < -0.3 is 15.1 Å². The Morgan fingerprint density at radius 3 is 2.23 bits per heavy atom. The molecule has 1 saturated heterocycles. The Balaban J connectivity index is 1.37. The summed E-state index contributed by atoms with van der Waals surface area (Å²) < 4.78 is 0. The molecule has 0 saturated carbocycles. The highest BCUT2D eigenvalue weighted by Gasteiger charge is 2.21. The zero-order valence-corrected chi connectivity index (χ0v) is 17.2. The van der Waals surface area contributed by atoms with Crippen molar-refractivity contribution in [3.05, 3.63) is 69.2 Å². The third-order valence-electron chi connectivity index (χ3n) is 5.02. The van der Waals surface area contributed by atoms with Crippen LogP contribution >= 0.6 is 11.6 Å². The fraction of sp³-hybridized carbons (Fsp3) is 0.333. The molecule has 0 bridgehead atoms. The Morgan fingerprint density at radius 2 is 1.63 bits per heavy atom. The number of rotatable bonds is 7. The van der Waals surface area contributed by atoms with E-state index in [0.717, 1.165) is 5.69 Å². The number of hydrogen-bond acceptors (Lipinski definition) is 5. The predicted molar refractivity (Wildman–Crippen MR) is 115 cm³/mol. The summed E-state index contributed by atoms with van der Waals surface area (Å²) in [5.74, 6) is -0.116. The molecular formula is C21H23ClN4O4. The van der Waals surface area contributed by atoms with Gasteiger partial charge in [0.15, 0.2) is 0 Å². The Labute approximate surface area is 179 Å². The molecule has 9 heteroatoms. The molecule has 1 fully saturated rings. The van der Waals surface area contributed by atoms with E-state index in [1.807, 2.05) is 4.90 Å². The van der Waals surface area contributed by atoms with E-state index in [0.29, 0.717) is 56.2 Å². The number of nitro groups is 1. The molecule has 1 aliphatic rings. The Bertz CT molecular complexity index is 894. The van der Waals surface area contributed by atoms with Crippen LogP contribution in [-0.2, 0) is 4.79 Å². The van der Waals surface area contributed by atoms with Crippen molar-refractivity contribution in [3.8, 4) is 0 Å². The average molecular weight is 431 g/mol. The number of hydrogen-bond donors (Lipinski definition) is 1. The predicted octanol–water partition coefficient (Wildman–Crippen LogP) is 3.11. The minimum absolute atomic E-state index is 0.0655. The van der Waals surface area contributed by atoms with Gasteiger partial charge in [-0.3, -0.25) is 19.7 Å². The normalized spacial score (nSPS) is 13.8. The topological polar surface area (TPSA) is 95.8 Å². The van der Waals surface area contributed by atoms with Crippen molar-refractivity contribution >= 4 is 34.8 Å². The Morgan fingerprint density at radius 1 is 1.00 bits per heavy atom. The van der Waals surface area contributed by atoms with Crippen LogP contribution in [0, 0.1) is 10.1 Å². The van der Waals surface area contributed by atoms with Crippen molar-refractivity contribution in [2.45, 2.75) is 12.8 Å². The maximum atomic E-state index is 12.4. The van der Waals surface area contributed by atoms with Crippen molar-refractivity contribution in [2.75, 3.05) is 37.6 Å². The minimum Gasteiger partial charge on any atom is -0.368 e. The highest BCUT2D eigenvalue weighted by atomic mass is 35.5. The number of anilines is 1. The summed E-state index contributed by atoms with van der Waals surface area (Å²) in [6.45, 7) is 2.99. The molecule has 0 aromatic heterocycles. The van der Waals surface area contributed by atoms with Gasteiger partial charge in [0.2, 0.25) is 5.91 Å². The van der Waals surface area contributed by atoms with Crippen LogP contribution < -0.4 is 10.2 Å². The van der Waals surface area contributed by atoms with Crippen LogP contribution in [0.4, 0.5) is 11.4 Å². The van der Waals surface area contributed by atoms with E-state index in [4.69, 9.17) is 11.6 Å². The first kappa shape index (κ1) is 21.6. The van der Waals surface area contributed by atoms with Gasteiger partial charge in [0.05, 0.1) is 4.92 Å². The van der Waals surface area contributed by atoms with Gasteiger partial charge in [0.1, 0.15) is 0 Å². The number of benzene rings is 2. The van der Waals surface area contributed by atoms with Crippen LogP contribution in [0.5, 0.6) is 0 Å². The molecule has 1 aliphatic heterocycles. The van der Waals surface area contributed by atoms with Gasteiger partial charge in [0.25, 0.3) is 11.6 Å². The highest BCUT2D eigenvalue weighted by molar-refractivity contribution is 6.30. The van der Waals surface area contributed by atoms with Crippen molar-refractivity contribution in [2.24, 2.45) is 0 Å². The molecule has 1 N–H and O–H groups in total. The number of carbonyl (C=O) groups excluding carboxylic acids is 2. The lowest BCUT2D eigenvalue weighted by atomic mass is 10.2. The summed E-state index contributed by atoms with van der Waals surface area (Å²) in [5.41, 5.74) is 1.52. The van der Waals surface area contributed by atoms with Crippen LogP contribution in [0.2, 0.25) is 5.02 Å². The molecule has 2 aromatic carbocycles. The van der Waals surface area contributed by atoms with E-state index < -0.39 is 4.92 Å². The van der Waals surface area contributed by atoms with E-state index in [1.54, 1.807) is 36.4 Å². The minimum atomic E-state index is -0.418. The van der Waals surface area contributed by atoms with Gasteiger partial charge in [-0.15, -0.1) is 0 Å². The summed E-state index contributed by atoms with van der Waals surface area (Å²) in [6.07, 6.45) is 0.944. The van der Waals surface area contributed by atoms with Crippen molar-refractivity contribution < 1.29 is 14.5 Å². The second-order valence-electron chi connectivity index (χ2n) is 7.01. The number of nitrogens with one attached hydrogen (secondary N) is 1. The lowest BCUT2D eigenvalue weighted by molar-refractivity contribution is -0.384. The Hall–Kier alpha value is -3.13.